The summed E-state index contributed by atoms with van der Waals surface area (Å²) < 4.78 is 5.88. The van der Waals surface area contributed by atoms with Crippen molar-refractivity contribution in [1.29, 1.82) is 0 Å². The van der Waals surface area contributed by atoms with Crippen LogP contribution in [-0.2, 0) is 12.2 Å². The first-order chi connectivity index (χ1) is 15.0. The molecular weight excluding hydrogens is 410 g/mol. The molecule has 2 saturated heterocycles. The Labute approximate surface area is 189 Å². The Kier molecular flexibility index (Phi) is 7.17. The quantitative estimate of drug-likeness (QED) is 0.498. The molecule has 1 amide bonds. The minimum Gasteiger partial charge on any atom is -0.455 e. The minimum absolute atomic E-state index is 0.0186. The van der Waals surface area contributed by atoms with Crippen molar-refractivity contribution in [3.8, 4) is 0 Å². The Bertz CT molecular complexity index is 894. The van der Waals surface area contributed by atoms with Crippen molar-refractivity contribution in [2.24, 2.45) is 0 Å². The molecule has 0 spiro atoms. The van der Waals surface area contributed by atoms with Crippen molar-refractivity contribution in [2.45, 2.75) is 56.5 Å². The highest BCUT2D eigenvalue weighted by Gasteiger charge is 2.23. The summed E-state index contributed by atoms with van der Waals surface area (Å²) in [7, 11) is 2.08. The number of nitrogens with zero attached hydrogens (tertiary/aromatic N) is 5. The van der Waals surface area contributed by atoms with Crippen LogP contribution < -0.4 is 4.90 Å². The van der Waals surface area contributed by atoms with Crippen LogP contribution in [0.25, 0.3) is 0 Å². The maximum absolute atomic E-state index is 12.7. The van der Waals surface area contributed by atoms with E-state index < -0.39 is 0 Å². The van der Waals surface area contributed by atoms with Crippen molar-refractivity contribution in [2.75, 3.05) is 44.7 Å². The number of piperidine rings is 1. The van der Waals surface area contributed by atoms with Crippen molar-refractivity contribution in [3.63, 3.8) is 0 Å². The molecule has 0 aliphatic carbocycles. The third-order valence-electron chi connectivity index (χ3n) is 6.21. The van der Waals surface area contributed by atoms with E-state index in [-0.39, 0.29) is 5.91 Å². The van der Waals surface area contributed by atoms with Crippen LogP contribution in [-0.4, -0.2) is 71.5 Å². The number of thioether (sulfide) groups is 1. The maximum atomic E-state index is 12.7. The fraction of sp³-hybridized carbons (Fsp3) is 0.609. The van der Waals surface area contributed by atoms with E-state index in [0.29, 0.717) is 17.6 Å². The molecule has 7 nitrogen and oxygen atoms in total. The molecule has 0 saturated carbocycles. The second-order valence-electron chi connectivity index (χ2n) is 8.54. The lowest BCUT2D eigenvalue weighted by molar-refractivity contribution is 0.0631. The first-order valence-electron chi connectivity index (χ1n) is 11.4. The SMILES string of the molecule is CCc1cc(N2CCCCC2C)nc(SCc2ccc(C(=O)N3CCN(C)CC3)o2)n1. The maximum Gasteiger partial charge on any atom is 0.289 e. The van der Waals surface area contributed by atoms with E-state index in [2.05, 4.69) is 36.8 Å². The van der Waals surface area contributed by atoms with Crippen LogP contribution in [0.15, 0.2) is 27.8 Å². The van der Waals surface area contributed by atoms with Gasteiger partial charge in [0, 0.05) is 50.5 Å². The van der Waals surface area contributed by atoms with E-state index >= 15 is 0 Å². The number of carbonyl (C=O) groups is 1. The fourth-order valence-electron chi connectivity index (χ4n) is 4.16. The number of carbonyl (C=O) groups excluding carboxylic acids is 1. The number of aryl methyl sites for hydroxylation is 1. The smallest absolute Gasteiger partial charge is 0.289 e. The number of anilines is 1. The van der Waals surface area contributed by atoms with Gasteiger partial charge in [-0.3, -0.25) is 4.79 Å². The van der Waals surface area contributed by atoms with Gasteiger partial charge in [-0.05, 0) is 51.8 Å². The van der Waals surface area contributed by atoms with E-state index in [0.717, 1.165) is 61.6 Å². The molecule has 8 heteroatoms. The Morgan fingerprint density at radius 1 is 1.16 bits per heavy atom. The fourth-order valence-corrected chi connectivity index (χ4v) is 4.93. The van der Waals surface area contributed by atoms with Crippen LogP contribution in [0.2, 0.25) is 0 Å². The lowest BCUT2D eigenvalue weighted by atomic mass is 10.0. The number of hydrogen-bond donors (Lipinski definition) is 0. The standard InChI is InChI=1S/C23H33N5O2S/c1-4-18-15-21(28-10-6-5-7-17(28)2)25-23(24-18)31-16-19-8-9-20(30-19)22(29)27-13-11-26(3)12-14-27/h8-9,15,17H,4-7,10-14,16H2,1-3H3. The molecule has 4 rings (SSSR count). The van der Waals surface area contributed by atoms with Crippen LogP contribution >= 0.6 is 11.8 Å². The normalized spacial score (nSPS) is 20.3. The molecule has 0 aromatic carbocycles. The summed E-state index contributed by atoms with van der Waals surface area (Å²) in [5, 5.41) is 0.774. The molecule has 168 valence electrons. The Morgan fingerprint density at radius 2 is 1.97 bits per heavy atom. The second kappa shape index (κ2) is 10.0. The van der Waals surface area contributed by atoms with Crippen molar-refractivity contribution < 1.29 is 9.21 Å². The second-order valence-corrected chi connectivity index (χ2v) is 9.48. The zero-order chi connectivity index (χ0) is 21.8. The van der Waals surface area contributed by atoms with Crippen molar-refractivity contribution in [3.05, 3.63) is 35.4 Å². The number of aromatic nitrogens is 2. The molecule has 2 aliphatic rings. The van der Waals surface area contributed by atoms with Gasteiger partial charge in [0.1, 0.15) is 11.6 Å². The lowest BCUT2D eigenvalue weighted by Crippen LogP contribution is -2.47. The summed E-state index contributed by atoms with van der Waals surface area (Å²) in [5.74, 6) is 2.83. The number of rotatable bonds is 6. The molecule has 2 aromatic rings. The van der Waals surface area contributed by atoms with Crippen LogP contribution in [0.4, 0.5) is 5.82 Å². The average molecular weight is 444 g/mol. The first kappa shape index (κ1) is 22.1. The zero-order valence-electron chi connectivity index (χ0n) is 18.8. The van der Waals surface area contributed by atoms with Gasteiger partial charge in [0.15, 0.2) is 10.9 Å². The van der Waals surface area contributed by atoms with Gasteiger partial charge < -0.3 is 19.1 Å². The molecule has 1 unspecified atom stereocenters. The molecule has 0 radical (unpaired) electrons. The monoisotopic (exact) mass is 443 g/mol. The van der Waals surface area contributed by atoms with E-state index in [4.69, 9.17) is 14.4 Å². The van der Waals surface area contributed by atoms with E-state index in [1.54, 1.807) is 17.8 Å². The van der Waals surface area contributed by atoms with Gasteiger partial charge in [-0.15, -0.1) is 0 Å². The molecule has 2 aromatic heterocycles. The topological polar surface area (TPSA) is 65.7 Å². The van der Waals surface area contributed by atoms with Gasteiger partial charge >= 0.3 is 0 Å². The third-order valence-corrected chi connectivity index (χ3v) is 7.08. The van der Waals surface area contributed by atoms with Crippen LogP contribution in [0, 0.1) is 0 Å². The summed E-state index contributed by atoms with van der Waals surface area (Å²) in [6, 6.07) is 6.33. The molecule has 0 N–H and O–H groups in total. The van der Waals surface area contributed by atoms with E-state index in [9.17, 15) is 4.79 Å². The van der Waals surface area contributed by atoms with Crippen molar-refractivity contribution >= 4 is 23.5 Å². The Hall–Kier alpha value is -2.06. The van der Waals surface area contributed by atoms with Gasteiger partial charge in [0.05, 0.1) is 5.75 Å². The predicted molar refractivity (Wildman–Crippen MR) is 124 cm³/mol. The van der Waals surface area contributed by atoms with Crippen LogP contribution in [0.5, 0.6) is 0 Å². The lowest BCUT2D eigenvalue weighted by Gasteiger charge is -2.34. The molecule has 0 bridgehead atoms. The largest absolute Gasteiger partial charge is 0.455 e. The van der Waals surface area contributed by atoms with E-state index in [1.807, 2.05) is 11.0 Å². The Morgan fingerprint density at radius 3 is 2.71 bits per heavy atom. The molecule has 31 heavy (non-hydrogen) atoms. The molecular formula is C23H33N5O2S. The van der Waals surface area contributed by atoms with Crippen LogP contribution in [0.3, 0.4) is 0 Å². The molecule has 1 atom stereocenters. The van der Waals surface area contributed by atoms with Gasteiger partial charge in [-0.2, -0.15) is 0 Å². The summed E-state index contributed by atoms with van der Waals surface area (Å²) in [5.41, 5.74) is 1.07. The minimum atomic E-state index is -0.0186. The molecule has 2 fully saturated rings. The van der Waals surface area contributed by atoms with Gasteiger partial charge in [-0.1, -0.05) is 18.7 Å². The Balaban J connectivity index is 1.41. The predicted octanol–water partition coefficient (Wildman–Crippen LogP) is 3.69. The summed E-state index contributed by atoms with van der Waals surface area (Å²) in [4.78, 5) is 28.8. The number of piperazine rings is 1. The third kappa shape index (κ3) is 5.41. The average Bonchev–Trinajstić information content (AvgIpc) is 3.27. The first-order valence-corrected chi connectivity index (χ1v) is 12.4. The summed E-state index contributed by atoms with van der Waals surface area (Å²) in [6.45, 7) is 8.76. The molecule has 4 heterocycles. The molecule has 2 aliphatic heterocycles. The highest BCUT2D eigenvalue weighted by molar-refractivity contribution is 7.98. The highest BCUT2D eigenvalue weighted by atomic mass is 32.2. The number of likely N-dealkylation sites (N-methyl/N-ethyl adjacent to an activating group) is 1. The van der Waals surface area contributed by atoms with E-state index in [1.165, 1.54) is 19.3 Å². The van der Waals surface area contributed by atoms with Gasteiger partial charge in [-0.25, -0.2) is 9.97 Å². The number of amides is 1. The van der Waals surface area contributed by atoms with Gasteiger partial charge in [0.2, 0.25) is 0 Å². The van der Waals surface area contributed by atoms with Crippen LogP contribution in [0.1, 0.15) is 55.1 Å². The summed E-state index contributed by atoms with van der Waals surface area (Å²) in [6.07, 6.45) is 4.60. The zero-order valence-corrected chi connectivity index (χ0v) is 19.7. The van der Waals surface area contributed by atoms with Crippen molar-refractivity contribution in [1.82, 2.24) is 19.8 Å². The summed E-state index contributed by atoms with van der Waals surface area (Å²) >= 11 is 1.57. The number of furan rings is 1. The highest BCUT2D eigenvalue weighted by Crippen LogP contribution is 2.28. The van der Waals surface area contributed by atoms with Gasteiger partial charge in [0.25, 0.3) is 5.91 Å². The number of hydrogen-bond acceptors (Lipinski definition) is 7.